The van der Waals surface area contributed by atoms with E-state index in [1.54, 1.807) is 11.8 Å². The van der Waals surface area contributed by atoms with Crippen molar-refractivity contribution in [3.63, 3.8) is 0 Å². The Balaban J connectivity index is 0.00000210. The van der Waals surface area contributed by atoms with Crippen molar-refractivity contribution in [3.05, 3.63) is 77.8 Å². The Morgan fingerprint density at radius 3 is 2.89 bits per heavy atom. The Bertz CT molecular complexity index is 844. The average molecular weight is 440 g/mol. The molecule has 0 bridgehead atoms. The van der Waals surface area contributed by atoms with Crippen molar-refractivity contribution in [2.45, 2.75) is 12.8 Å². The molecule has 0 aromatic rings. The summed E-state index contributed by atoms with van der Waals surface area (Å²) in [5, 5.41) is 2.87. The minimum Gasteiger partial charge on any atom is -0.375 e. The van der Waals surface area contributed by atoms with Gasteiger partial charge in [0.25, 0.3) is 0 Å². The van der Waals surface area contributed by atoms with Gasteiger partial charge in [-0.1, -0.05) is 59.4 Å². The van der Waals surface area contributed by atoms with Crippen molar-refractivity contribution >= 4 is 47.5 Å². The van der Waals surface area contributed by atoms with Crippen molar-refractivity contribution in [1.29, 1.82) is 0 Å². The van der Waals surface area contributed by atoms with E-state index < -0.39 is 0 Å². The molecule has 2 aliphatic carbocycles. The number of thioether (sulfide) groups is 2. The summed E-state index contributed by atoms with van der Waals surface area (Å²) < 4.78 is 5.87. The molecule has 0 N–H and O–H groups in total. The van der Waals surface area contributed by atoms with Crippen LogP contribution < -0.4 is 0 Å². The second kappa shape index (κ2) is 9.25. The number of nitrogens with zero attached hydrogens (tertiary/aromatic N) is 1. The number of halogens is 2. The van der Waals surface area contributed by atoms with Crippen LogP contribution in [0.2, 0.25) is 0 Å². The van der Waals surface area contributed by atoms with Crippen LogP contribution in [0.5, 0.6) is 0 Å². The van der Waals surface area contributed by atoms with Crippen molar-refractivity contribution < 1.29 is 4.74 Å². The molecule has 0 saturated carbocycles. The number of ether oxygens (including phenoxy) is 1. The topological polar surface area (TPSA) is 12.5 Å². The number of hydrogen-bond donors (Lipinski definition) is 0. The maximum Gasteiger partial charge on any atom is 0.0776 e. The summed E-state index contributed by atoms with van der Waals surface area (Å²) in [6.45, 7) is 2.42. The van der Waals surface area contributed by atoms with Crippen LogP contribution in [-0.4, -0.2) is 38.8 Å². The van der Waals surface area contributed by atoms with Crippen LogP contribution in [-0.2, 0) is 4.74 Å². The lowest BCUT2D eigenvalue weighted by Gasteiger charge is -2.21. The maximum atomic E-state index is 6.23. The highest BCUT2D eigenvalue weighted by atomic mass is 35.5. The van der Waals surface area contributed by atoms with Crippen molar-refractivity contribution in [1.82, 2.24) is 4.90 Å². The monoisotopic (exact) mass is 439 g/mol. The summed E-state index contributed by atoms with van der Waals surface area (Å²) in [6.07, 6.45) is 13.1. The van der Waals surface area contributed by atoms with Gasteiger partial charge in [0.2, 0.25) is 0 Å². The molecule has 0 saturated heterocycles. The van der Waals surface area contributed by atoms with Crippen LogP contribution in [0.3, 0.4) is 0 Å². The second-order valence-corrected chi connectivity index (χ2v) is 9.35. The highest BCUT2D eigenvalue weighted by molar-refractivity contribution is 8.07. The van der Waals surface area contributed by atoms with Crippen LogP contribution >= 0.6 is 47.5 Å². The first-order chi connectivity index (χ1) is 12.6. The van der Waals surface area contributed by atoms with Gasteiger partial charge in [0, 0.05) is 32.7 Å². The Hall–Kier alpha value is -0.620. The minimum absolute atomic E-state index is 0. The van der Waals surface area contributed by atoms with E-state index in [2.05, 4.69) is 49.4 Å². The van der Waals surface area contributed by atoms with E-state index in [4.69, 9.17) is 16.3 Å². The van der Waals surface area contributed by atoms with Gasteiger partial charge in [-0.2, -0.15) is 0 Å². The third-order valence-electron chi connectivity index (χ3n) is 4.67. The first-order valence-electron chi connectivity index (χ1n) is 8.80. The Morgan fingerprint density at radius 1 is 1.22 bits per heavy atom. The second-order valence-electron chi connectivity index (χ2n) is 6.90. The largest absolute Gasteiger partial charge is 0.375 e. The maximum absolute atomic E-state index is 6.23. The zero-order valence-electron chi connectivity index (χ0n) is 15.5. The number of hydrogen-bond acceptors (Lipinski definition) is 4. The number of allylic oxidation sites excluding steroid dienone is 10. The van der Waals surface area contributed by atoms with Crippen LogP contribution in [0.25, 0.3) is 0 Å². The van der Waals surface area contributed by atoms with E-state index in [9.17, 15) is 0 Å². The minimum atomic E-state index is 0. The average Bonchev–Trinajstić information content (AvgIpc) is 2.87. The molecule has 0 radical (unpaired) electrons. The van der Waals surface area contributed by atoms with Gasteiger partial charge >= 0.3 is 0 Å². The van der Waals surface area contributed by atoms with E-state index in [1.807, 2.05) is 17.2 Å². The molecular formula is C21H23Cl2NOS2. The highest BCUT2D eigenvalue weighted by Gasteiger charge is 2.30. The quantitative estimate of drug-likeness (QED) is 0.474. The molecule has 0 amide bonds. The normalized spacial score (nSPS) is 20.9. The molecule has 2 aliphatic heterocycles. The summed E-state index contributed by atoms with van der Waals surface area (Å²) in [7, 11) is 4.14. The van der Waals surface area contributed by atoms with E-state index in [0.717, 1.165) is 31.0 Å². The van der Waals surface area contributed by atoms with Crippen molar-refractivity contribution in [2.24, 2.45) is 0 Å². The third kappa shape index (κ3) is 4.69. The van der Waals surface area contributed by atoms with E-state index >= 15 is 0 Å². The van der Waals surface area contributed by atoms with E-state index in [0.29, 0.717) is 6.61 Å². The fourth-order valence-electron chi connectivity index (χ4n) is 3.35. The van der Waals surface area contributed by atoms with Gasteiger partial charge in [-0.15, -0.1) is 12.4 Å². The fraction of sp³-hybridized carbons (Fsp3) is 0.333. The molecule has 0 aromatic heterocycles. The van der Waals surface area contributed by atoms with Crippen molar-refractivity contribution in [3.8, 4) is 0 Å². The molecule has 0 aromatic carbocycles. The lowest BCUT2D eigenvalue weighted by Crippen LogP contribution is -2.18. The Kier molecular flexibility index (Phi) is 7.23. The van der Waals surface area contributed by atoms with Crippen LogP contribution in [0.15, 0.2) is 77.8 Å². The van der Waals surface area contributed by atoms with Gasteiger partial charge in [0.15, 0.2) is 0 Å². The fourth-order valence-corrected chi connectivity index (χ4v) is 5.67. The van der Waals surface area contributed by atoms with Crippen molar-refractivity contribution in [2.75, 3.05) is 33.9 Å². The lowest BCUT2D eigenvalue weighted by atomic mass is 10.0. The van der Waals surface area contributed by atoms with Gasteiger partial charge < -0.3 is 9.64 Å². The van der Waals surface area contributed by atoms with E-state index in [-0.39, 0.29) is 12.4 Å². The van der Waals surface area contributed by atoms with Gasteiger partial charge in [-0.25, -0.2) is 0 Å². The lowest BCUT2D eigenvalue weighted by molar-refractivity contribution is 0.140. The van der Waals surface area contributed by atoms with E-state index in [1.165, 1.54) is 37.0 Å². The van der Waals surface area contributed by atoms with Gasteiger partial charge in [-0.3, -0.25) is 0 Å². The first kappa shape index (κ1) is 21.1. The SMILES string of the molecule is CN(C)CCOCC1=CCC2=CC=CC3=C4SC=C(Cl)C=C4CC3=C2S1.Cl. The van der Waals surface area contributed by atoms with Crippen LogP contribution in [0.1, 0.15) is 12.8 Å². The molecule has 4 aliphatic rings. The molecule has 0 spiro atoms. The standard InChI is InChI=1S/C21H22ClNOS2.ClH/c1-23(2)8-9-24-12-17-7-6-14-4-3-5-18-19(21(14)26-17)11-15-10-16(22)13-25-20(15)18;/h3-5,7,10,13H,6,8-9,11-12H2,1-2H3;1H. The molecule has 6 heteroatoms. The highest BCUT2D eigenvalue weighted by Crippen LogP contribution is 2.53. The molecule has 0 atom stereocenters. The zero-order chi connectivity index (χ0) is 18.1. The molecule has 2 nitrogen and oxygen atoms in total. The van der Waals surface area contributed by atoms with Gasteiger partial charge in [-0.05, 0) is 54.3 Å². The number of likely N-dealkylation sites (N-methyl/N-ethyl adjacent to an activating group) is 1. The van der Waals surface area contributed by atoms with Gasteiger partial charge in [0.05, 0.1) is 13.2 Å². The smallest absolute Gasteiger partial charge is 0.0776 e. The summed E-state index contributed by atoms with van der Waals surface area (Å²) in [5.74, 6) is 0. The Morgan fingerprint density at radius 2 is 2.07 bits per heavy atom. The third-order valence-corrected chi connectivity index (χ3v) is 7.36. The summed E-state index contributed by atoms with van der Waals surface area (Å²) in [5.41, 5.74) is 5.58. The predicted octanol–water partition coefficient (Wildman–Crippen LogP) is 6.17. The zero-order valence-corrected chi connectivity index (χ0v) is 18.7. The molecule has 2 heterocycles. The molecular weight excluding hydrogens is 417 g/mol. The molecule has 4 rings (SSSR count). The van der Waals surface area contributed by atoms with Crippen LogP contribution in [0, 0.1) is 0 Å². The number of rotatable bonds is 5. The molecule has 0 fully saturated rings. The Labute approximate surface area is 181 Å². The summed E-state index contributed by atoms with van der Waals surface area (Å²) in [4.78, 5) is 6.25. The van der Waals surface area contributed by atoms with Gasteiger partial charge in [0.1, 0.15) is 0 Å². The predicted molar refractivity (Wildman–Crippen MR) is 122 cm³/mol. The first-order valence-corrected chi connectivity index (χ1v) is 10.9. The molecule has 0 unspecified atom stereocenters. The summed E-state index contributed by atoms with van der Waals surface area (Å²) >= 11 is 9.86. The molecule has 27 heavy (non-hydrogen) atoms. The van der Waals surface area contributed by atoms with Crippen LogP contribution in [0.4, 0.5) is 0 Å². The molecule has 144 valence electrons. The number of fused-ring (bicyclic) bond motifs is 3. The summed E-state index contributed by atoms with van der Waals surface area (Å²) in [6, 6.07) is 0.